The van der Waals surface area contributed by atoms with Gasteiger partial charge in [0.25, 0.3) is 11.8 Å². The molecule has 6 nitrogen and oxygen atoms in total. The zero-order chi connectivity index (χ0) is 17.1. The van der Waals surface area contributed by atoms with Gasteiger partial charge in [-0.05, 0) is 17.7 Å². The molecule has 0 spiro atoms. The van der Waals surface area contributed by atoms with E-state index in [0.29, 0.717) is 17.5 Å². The van der Waals surface area contributed by atoms with Crippen molar-refractivity contribution in [2.24, 2.45) is 0 Å². The number of ether oxygens (including phenoxy) is 1. The number of amides is 2. The Kier molecular flexibility index (Phi) is 4.39. The van der Waals surface area contributed by atoms with Crippen molar-refractivity contribution in [3.63, 3.8) is 0 Å². The molecule has 0 saturated heterocycles. The summed E-state index contributed by atoms with van der Waals surface area (Å²) in [6.45, 7) is 0. The molecule has 0 unspecified atom stereocenters. The van der Waals surface area contributed by atoms with Gasteiger partial charge >= 0.3 is 5.97 Å². The van der Waals surface area contributed by atoms with E-state index in [1.807, 2.05) is 30.3 Å². The number of hydrogen-bond acceptors (Lipinski definition) is 5. The fraction of sp³-hybridized carbons (Fsp3) is 0.167. The Morgan fingerprint density at radius 2 is 1.54 bits per heavy atom. The molecule has 1 heterocycles. The zero-order valence-corrected chi connectivity index (χ0v) is 13.1. The van der Waals surface area contributed by atoms with Gasteiger partial charge in [0, 0.05) is 6.42 Å². The summed E-state index contributed by atoms with van der Waals surface area (Å²) in [5, 5.41) is 0.884. The van der Waals surface area contributed by atoms with Crippen LogP contribution in [-0.2, 0) is 16.0 Å². The molecule has 1 aliphatic heterocycles. The van der Waals surface area contributed by atoms with E-state index in [2.05, 4.69) is 5.43 Å². The molecule has 2 amide bonds. The van der Waals surface area contributed by atoms with E-state index in [1.165, 1.54) is 7.11 Å². The number of rotatable bonds is 5. The number of fused-ring (bicyclic) bond motifs is 1. The number of methoxy groups -OCH3 is 1. The van der Waals surface area contributed by atoms with Gasteiger partial charge in [0.2, 0.25) is 0 Å². The number of imide groups is 1. The van der Waals surface area contributed by atoms with Crippen LogP contribution >= 0.6 is 0 Å². The van der Waals surface area contributed by atoms with E-state index < -0.39 is 23.8 Å². The number of esters is 1. The number of carbonyl (C=O) groups is 3. The number of hydrazine groups is 1. The standard InChI is InChI=1S/C18H16N2O4/c1-24-18(23)15(11-12-7-3-2-4-8-12)19-20-16(21)13-9-5-6-10-14(13)17(20)22/h2-10,15,19H,11H2,1H3/t15-/m0/s1. The Bertz CT molecular complexity index is 754. The molecule has 6 heteroatoms. The van der Waals surface area contributed by atoms with Crippen LogP contribution in [0.5, 0.6) is 0 Å². The van der Waals surface area contributed by atoms with Gasteiger partial charge in [0.1, 0.15) is 6.04 Å². The Morgan fingerprint density at radius 1 is 1.00 bits per heavy atom. The third-order valence-electron chi connectivity index (χ3n) is 3.85. The van der Waals surface area contributed by atoms with Gasteiger partial charge in [-0.25, -0.2) is 10.4 Å². The molecule has 0 radical (unpaired) electrons. The van der Waals surface area contributed by atoms with Gasteiger partial charge in [0.15, 0.2) is 0 Å². The smallest absolute Gasteiger partial charge is 0.325 e. The zero-order valence-electron chi connectivity index (χ0n) is 13.1. The van der Waals surface area contributed by atoms with Gasteiger partial charge in [0.05, 0.1) is 18.2 Å². The predicted molar refractivity (Wildman–Crippen MR) is 86.0 cm³/mol. The minimum absolute atomic E-state index is 0.293. The number of benzene rings is 2. The molecule has 1 N–H and O–H groups in total. The molecule has 1 atom stereocenters. The predicted octanol–water partition coefficient (Wildman–Crippen LogP) is 1.57. The first-order valence-electron chi connectivity index (χ1n) is 7.47. The molecule has 0 bridgehead atoms. The molecule has 0 aromatic heterocycles. The topological polar surface area (TPSA) is 75.7 Å². The van der Waals surface area contributed by atoms with Crippen LogP contribution in [0.1, 0.15) is 26.3 Å². The van der Waals surface area contributed by atoms with Crippen LogP contribution in [0.25, 0.3) is 0 Å². The van der Waals surface area contributed by atoms with Crippen molar-refractivity contribution >= 4 is 17.8 Å². The third-order valence-corrected chi connectivity index (χ3v) is 3.85. The average Bonchev–Trinajstić information content (AvgIpc) is 2.86. The van der Waals surface area contributed by atoms with Crippen LogP contribution in [0.15, 0.2) is 54.6 Å². The molecule has 122 valence electrons. The highest BCUT2D eigenvalue weighted by atomic mass is 16.5. The maximum absolute atomic E-state index is 12.4. The third kappa shape index (κ3) is 2.91. The fourth-order valence-corrected chi connectivity index (χ4v) is 2.64. The van der Waals surface area contributed by atoms with Crippen LogP contribution in [-0.4, -0.2) is 35.9 Å². The van der Waals surface area contributed by atoms with Gasteiger partial charge in [-0.3, -0.25) is 14.4 Å². The van der Waals surface area contributed by atoms with Crippen molar-refractivity contribution in [1.29, 1.82) is 0 Å². The largest absolute Gasteiger partial charge is 0.468 e. The average molecular weight is 324 g/mol. The van der Waals surface area contributed by atoms with Crippen LogP contribution in [0.3, 0.4) is 0 Å². The maximum atomic E-state index is 12.4. The second kappa shape index (κ2) is 6.64. The van der Waals surface area contributed by atoms with Crippen molar-refractivity contribution in [3.05, 3.63) is 71.3 Å². The number of nitrogens with zero attached hydrogens (tertiary/aromatic N) is 1. The second-order valence-corrected chi connectivity index (χ2v) is 5.39. The monoisotopic (exact) mass is 324 g/mol. The number of nitrogens with one attached hydrogen (secondary N) is 1. The lowest BCUT2D eigenvalue weighted by Gasteiger charge is -2.22. The van der Waals surface area contributed by atoms with Crippen molar-refractivity contribution in [3.8, 4) is 0 Å². The van der Waals surface area contributed by atoms with Crippen LogP contribution in [0, 0.1) is 0 Å². The van der Waals surface area contributed by atoms with Gasteiger partial charge in [-0.1, -0.05) is 42.5 Å². The van der Waals surface area contributed by atoms with E-state index in [0.717, 1.165) is 10.6 Å². The van der Waals surface area contributed by atoms with E-state index in [1.54, 1.807) is 24.3 Å². The van der Waals surface area contributed by atoms with Gasteiger partial charge in [-0.2, -0.15) is 0 Å². The molecule has 2 aromatic rings. The first kappa shape index (κ1) is 15.9. The molecule has 24 heavy (non-hydrogen) atoms. The second-order valence-electron chi connectivity index (χ2n) is 5.39. The van der Waals surface area contributed by atoms with Crippen LogP contribution < -0.4 is 5.43 Å². The van der Waals surface area contributed by atoms with E-state index in [-0.39, 0.29) is 0 Å². The summed E-state index contributed by atoms with van der Waals surface area (Å²) in [5.41, 5.74) is 4.24. The highest BCUT2D eigenvalue weighted by molar-refractivity contribution is 6.21. The number of hydrogen-bond donors (Lipinski definition) is 1. The van der Waals surface area contributed by atoms with Gasteiger partial charge < -0.3 is 4.74 Å². The normalized spacial score (nSPS) is 14.5. The molecule has 2 aromatic carbocycles. The maximum Gasteiger partial charge on any atom is 0.325 e. The summed E-state index contributed by atoms with van der Waals surface area (Å²) in [6.07, 6.45) is 0.293. The lowest BCUT2D eigenvalue weighted by atomic mass is 10.1. The van der Waals surface area contributed by atoms with Crippen molar-refractivity contribution < 1.29 is 19.1 Å². The molecular weight excluding hydrogens is 308 g/mol. The highest BCUT2D eigenvalue weighted by Gasteiger charge is 2.38. The first-order valence-corrected chi connectivity index (χ1v) is 7.47. The van der Waals surface area contributed by atoms with Gasteiger partial charge in [-0.15, -0.1) is 0 Å². The Hall–Kier alpha value is -2.99. The van der Waals surface area contributed by atoms with Crippen molar-refractivity contribution in [1.82, 2.24) is 10.4 Å². The Balaban J connectivity index is 1.82. The highest BCUT2D eigenvalue weighted by Crippen LogP contribution is 2.21. The minimum Gasteiger partial charge on any atom is -0.468 e. The molecule has 0 aliphatic carbocycles. The lowest BCUT2D eigenvalue weighted by molar-refractivity contribution is -0.144. The summed E-state index contributed by atoms with van der Waals surface area (Å²) in [5.74, 6) is -1.49. The van der Waals surface area contributed by atoms with E-state index in [9.17, 15) is 14.4 Å². The Labute approximate surface area is 139 Å². The molecular formula is C18H16N2O4. The summed E-state index contributed by atoms with van der Waals surface area (Å²) in [6, 6.07) is 15.0. The SMILES string of the molecule is COC(=O)[C@H](Cc1ccccc1)NN1C(=O)c2ccccc2C1=O. The first-order chi connectivity index (χ1) is 11.6. The summed E-state index contributed by atoms with van der Waals surface area (Å²) >= 11 is 0. The van der Waals surface area contributed by atoms with Crippen molar-refractivity contribution in [2.75, 3.05) is 7.11 Å². The molecule has 0 fully saturated rings. The van der Waals surface area contributed by atoms with E-state index in [4.69, 9.17) is 4.74 Å². The summed E-state index contributed by atoms with van der Waals surface area (Å²) < 4.78 is 4.79. The quantitative estimate of drug-likeness (QED) is 0.667. The van der Waals surface area contributed by atoms with Crippen LogP contribution in [0.2, 0.25) is 0 Å². The number of carbonyl (C=O) groups excluding carboxylic acids is 3. The minimum atomic E-state index is -0.848. The summed E-state index contributed by atoms with van der Waals surface area (Å²) in [7, 11) is 1.27. The molecule has 3 rings (SSSR count). The van der Waals surface area contributed by atoms with Crippen molar-refractivity contribution in [2.45, 2.75) is 12.5 Å². The van der Waals surface area contributed by atoms with Crippen LogP contribution in [0.4, 0.5) is 0 Å². The summed E-state index contributed by atoms with van der Waals surface area (Å²) in [4.78, 5) is 36.8. The van der Waals surface area contributed by atoms with E-state index >= 15 is 0 Å². The molecule has 1 aliphatic rings. The lowest BCUT2D eigenvalue weighted by Crippen LogP contribution is -2.52. The fourth-order valence-electron chi connectivity index (χ4n) is 2.64. The molecule has 0 saturated carbocycles. The Morgan fingerprint density at radius 3 is 2.08 bits per heavy atom.